The number of carbonyl (C=O) groups is 1. The lowest BCUT2D eigenvalue weighted by Gasteiger charge is -2.09. The standard InChI is InChI=1S/C12H17FN2OS/c1-9(6-7-14)17-8-12(16)15-11-4-2-10(13)3-5-11/h2-5,9H,6-8,14H2,1H3,(H,15,16). The first-order chi connectivity index (χ1) is 8.11. The number of anilines is 1. The zero-order valence-electron chi connectivity index (χ0n) is 9.78. The third-order valence-corrected chi connectivity index (χ3v) is 3.43. The van der Waals surface area contributed by atoms with Gasteiger partial charge in [0.1, 0.15) is 5.82 Å². The van der Waals surface area contributed by atoms with Crippen LogP contribution < -0.4 is 11.1 Å². The van der Waals surface area contributed by atoms with E-state index in [0.717, 1.165) is 6.42 Å². The molecule has 5 heteroatoms. The Bertz CT molecular complexity index is 356. The molecule has 1 atom stereocenters. The van der Waals surface area contributed by atoms with Gasteiger partial charge in [-0.15, -0.1) is 11.8 Å². The highest BCUT2D eigenvalue weighted by molar-refractivity contribution is 8.00. The van der Waals surface area contributed by atoms with E-state index < -0.39 is 0 Å². The highest BCUT2D eigenvalue weighted by atomic mass is 32.2. The molecule has 1 aromatic rings. The minimum absolute atomic E-state index is 0.0783. The van der Waals surface area contributed by atoms with Gasteiger partial charge in [-0.25, -0.2) is 4.39 Å². The van der Waals surface area contributed by atoms with Gasteiger partial charge in [-0.3, -0.25) is 4.79 Å². The van der Waals surface area contributed by atoms with Gasteiger partial charge in [-0.05, 0) is 37.2 Å². The molecule has 1 aromatic carbocycles. The van der Waals surface area contributed by atoms with Crippen LogP contribution in [0.25, 0.3) is 0 Å². The first kappa shape index (κ1) is 14.0. The molecular weight excluding hydrogens is 239 g/mol. The smallest absolute Gasteiger partial charge is 0.234 e. The van der Waals surface area contributed by atoms with Crippen LogP contribution in [0, 0.1) is 5.82 Å². The lowest BCUT2D eigenvalue weighted by Crippen LogP contribution is -2.16. The fourth-order valence-electron chi connectivity index (χ4n) is 1.27. The number of benzene rings is 1. The van der Waals surface area contributed by atoms with E-state index in [9.17, 15) is 9.18 Å². The Hall–Kier alpha value is -1.07. The lowest BCUT2D eigenvalue weighted by molar-refractivity contribution is -0.113. The van der Waals surface area contributed by atoms with Gasteiger partial charge >= 0.3 is 0 Å². The van der Waals surface area contributed by atoms with Crippen molar-refractivity contribution in [3.63, 3.8) is 0 Å². The maximum absolute atomic E-state index is 12.6. The van der Waals surface area contributed by atoms with Crippen molar-refractivity contribution in [1.29, 1.82) is 0 Å². The Morgan fingerprint density at radius 3 is 2.71 bits per heavy atom. The third-order valence-electron chi connectivity index (χ3n) is 2.20. The Morgan fingerprint density at radius 1 is 1.47 bits per heavy atom. The zero-order valence-corrected chi connectivity index (χ0v) is 10.6. The second-order valence-electron chi connectivity index (χ2n) is 3.75. The Morgan fingerprint density at radius 2 is 2.12 bits per heavy atom. The summed E-state index contributed by atoms with van der Waals surface area (Å²) in [6.07, 6.45) is 0.897. The van der Waals surface area contributed by atoms with Crippen LogP contribution in [-0.4, -0.2) is 23.5 Å². The number of hydrogen-bond donors (Lipinski definition) is 2. The van der Waals surface area contributed by atoms with Crippen molar-refractivity contribution in [3.05, 3.63) is 30.1 Å². The van der Waals surface area contributed by atoms with E-state index >= 15 is 0 Å². The number of carbonyl (C=O) groups excluding carboxylic acids is 1. The summed E-state index contributed by atoms with van der Waals surface area (Å²) in [6.45, 7) is 2.68. The van der Waals surface area contributed by atoms with Gasteiger partial charge in [-0.1, -0.05) is 6.92 Å². The molecule has 94 valence electrons. The summed E-state index contributed by atoms with van der Waals surface area (Å²) in [4.78, 5) is 11.5. The van der Waals surface area contributed by atoms with Crippen molar-refractivity contribution in [2.45, 2.75) is 18.6 Å². The Kier molecular flexibility index (Phi) is 6.00. The maximum atomic E-state index is 12.6. The molecule has 0 saturated heterocycles. The van der Waals surface area contributed by atoms with E-state index in [1.165, 1.54) is 12.1 Å². The predicted molar refractivity (Wildman–Crippen MR) is 70.6 cm³/mol. The average Bonchev–Trinajstić information content (AvgIpc) is 2.30. The zero-order chi connectivity index (χ0) is 12.7. The van der Waals surface area contributed by atoms with Gasteiger partial charge < -0.3 is 11.1 Å². The fourth-order valence-corrected chi connectivity index (χ4v) is 2.08. The van der Waals surface area contributed by atoms with Gasteiger partial charge in [-0.2, -0.15) is 0 Å². The SMILES string of the molecule is CC(CCN)SCC(=O)Nc1ccc(F)cc1. The molecule has 0 aliphatic carbocycles. The first-order valence-electron chi connectivity index (χ1n) is 5.49. The van der Waals surface area contributed by atoms with Crippen LogP contribution in [0.15, 0.2) is 24.3 Å². The van der Waals surface area contributed by atoms with Crippen molar-refractivity contribution in [3.8, 4) is 0 Å². The van der Waals surface area contributed by atoms with Crippen molar-refractivity contribution < 1.29 is 9.18 Å². The van der Waals surface area contributed by atoms with Crippen LogP contribution in [0.2, 0.25) is 0 Å². The minimum atomic E-state index is -0.311. The molecule has 0 aliphatic heterocycles. The Balaban J connectivity index is 2.32. The molecule has 0 fully saturated rings. The molecular formula is C12H17FN2OS. The van der Waals surface area contributed by atoms with E-state index in [4.69, 9.17) is 5.73 Å². The van der Waals surface area contributed by atoms with Crippen LogP contribution >= 0.6 is 11.8 Å². The topological polar surface area (TPSA) is 55.1 Å². The molecule has 3 nitrogen and oxygen atoms in total. The van der Waals surface area contributed by atoms with E-state index in [0.29, 0.717) is 23.2 Å². The first-order valence-corrected chi connectivity index (χ1v) is 6.54. The van der Waals surface area contributed by atoms with Crippen molar-refractivity contribution in [2.24, 2.45) is 5.73 Å². The molecule has 3 N–H and O–H groups in total. The molecule has 0 spiro atoms. The summed E-state index contributed by atoms with van der Waals surface area (Å²) in [5, 5.41) is 3.08. The number of thioether (sulfide) groups is 1. The highest BCUT2D eigenvalue weighted by Gasteiger charge is 2.06. The number of nitrogens with two attached hydrogens (primary N) is 1. The molecule has 0 heterocycles. The number of rotatable bonds is 6. The molecule has 0 radical (unpaired) electrons. The second-order valence-corrected chi connectivity index (χ2v) is 5.18. The van der Waals surface area contributed by atoms with E-state index in [2.05, 4.69) is 5.32 Å². The number of hydrogen-bond acceptors (Lipinski definition) is 3. The van der Waals surface area contributed by atoms with Crippen LogP contribution in [0.3, 0.4) is 0 Å². The van der Waals surface area contributed by atoms with Crippen LogP contribution in [-0.2, 0) is 4.79 Å². The second kappa shape index (κ2) is 7.29. The van der Waals surface area contributed by atoms with Gasteiger partial charge in [0.05, 0.1) is 5.75 Å². The molecule has 1 rings (SSSR count). The van der Waals surface area contributed by atoms with E-state index in [-0.39, 0.29) is 11.7 Å². The predicted octanol–water partition coefficient (Wildman–Crippen LogP) is 2.23. The van der Waals surface area contributed by atoms with Gasteiger partial charge in [0.15, 0.2) is 0 Å². The van der Waals surface area contributed by atoms with E-state index in [1.807, 2.05) is 6.92 Å². The van der Waals surface area contributed by atoms with Crippen molar-refractivity contribution in [2.75, 3.05) is 17.6 Å². The average molecular weight is 256 g/mol. The molecule has 1 amide bonds. The summed E-state index contributed by atoms with van der Waals surface area (Å²) < 4.78 is 12.6. The quantitative estimate of drug-likeness (QED) is 0.820. The number of nitrogens with one attached hydrogen (secondary N) is 1. The normalized spacial score (nSPS) is 12.2. The van der Waals surface area contributed by atoms with Crippen LogP contribution in [0.1, 0.15) is 13.3 Å². The molecule has 0 bridgehead atoms. The Labute approximate surface area is 105 Å². The summed E-state index contributed by atoms with van der Waals surface area (Å²) in [7, 11) is 0. The fraction of sp³-hybridized carbons (Fsp3) is 0.417. The largest absolute Gasteiger partial charge is 0.330 e. The number of halogens is 1. The molecule has 0 aliphatic rings. The van der Waals surface area contributed by atoms with Crippen LogP contribution in [0.5, 0.6) is 0 Å². The third kappa shape index (κ3) is 5.70. The van der Waals surface area contributed by atoms with Gasteiger partial charge in [0.25, 0.3) is 0 Å². The van der Waals surface area contributed by atoms with Crippen molar-refractivity contribution >= 4 is 23.4 Å². The highest BCUT2D eigenvalue weighted by Crippen LogP contribution is 2.14. The molecule has 17 heavy (non-hydrogen) atoms. The van der Waals surface area contributed by atoms with Gasteiger partial charge in [0.2, 0.25) is 5.91 Å². The summed E-state index contributed by atoms with van der Waals surface area (Å²) >= 11 is 1.57. The number of amides is 1. The lowest BCUT2D eigenvalue weighted by atomic mass is 10.3. The minimum Gasteiger partial charge on any atom is -0.330 e. The molecule has 1 unspecified atom stereocenters. The molecule has 0 saturated carbocycles. The summed E-state index contributed by atoms with van der Waals surface area (Å²) in [6, 6.07) is 5.72. The monoisotopic (exact) mass is 256 g/mol. The summed E-state index contributed by atoms with van der Waals surface area (Å²) in [5.41, 5.74) is 6.04. The van der Waals surface area contributed by atoms with Gasteiger partial charge in [0, 0.05) is 10.9 Å². The molecule has 0 aromatic heterocycles. The van der Waals surface area contributed by atoms with Crippen LogP contribution in [0.4, 0.5) is 10.1 Å². The van der Waals surface area contributed by atoms with Crippen molar-refractivity contribution in [1.82, 2.24) is 0 Å². The van der Waals surface area contributed by atoms with E-state index in [1.54, 1.807) is 23.9 Å². The maximum Gasteiger partial charge on any atom is 0.234 e. The summed E-state index contributed by atoms with van der Waals surface area (Å²) in [5.74, 6) is -0.00198.